The quantitative estimate of drug-likeness (QED) is 0.303. The van der Waals surface area contributed by atoms with Crippen LogP contribution < -0.4 is 4.74 Å². The third kappa shape index (κ3) is 6.04. The first kappa shape index (κ1) is 21.8. The average molecular weight is 429 g/mol. The summed E-state index contributed by atoms with van der Waals surface area (Å²) in [6.07, 6.45) is 10.7. The summed E-state index contributed by atoms with van der Waals surface area (Å²) >= 11 is 2.10. The predicted octanol–water partition coefficient (Wildman–Crippen LogP) is 7.98. The van der Waals surface area contributed by atoms with Gasteiger partial charge in [0.15, 0.2) is 0 Å². The number of hydrogen-bond acceptors (Lipinski definition) is 2. The van der Waals surface area contributed by atoms with Crippen molar-refractivity contribution in [2.24, 2.45) is 5.92 Å². The van der Waals surface area contributed by atoms with E-state index in [1.165, 1.54) is 47.3 Å². The van der Waals surface area contributed by atoms with Crippen molar-refractivity contribution in [3.8, 4) is 5.75 Å². The molecule has 0 radical (unpaired) electrons. The monoisotopic (exact) mass is 428 g/mol. The van der Waals surface area contributed by atoms with Gasteiger partial charge in [-0.1, -0.05) is 72.3 Å². The normalized spacial score (nSPS) is 20.1. The summed E-state index contributed by atoms with van der Waals surface area (Å²) in [5.41, 5.74) is 4.03. The van der Waals surface area contributed by atoms with E-state index >= 15 is 0 Å². The van der Waals surface area contributed by atoms with E-state index in [1.54, 1.807) is 7.11 Å². The van der Waals surface area contributed by atoms with Crippen molar-refractivity contribution in [3.05, 3.63) is 102 Å². The lowest BCUT2D eigenvalue weighted by Gasteiger charge is -2.18. The molecular formula is C29H32OS. The molecule has 0 N–H and O–H groups in total. The zero-order valence-corrected chi connectivity index (χ0v) is 19.4. The van der Waals surface area contributed by atoms with Gasteiger partial charge in [-0.25, -0.2) is 0 Å². The SMILES string of the molecule is COc1ccc(/C=C/CCC[C@H]2C[C@]2(Cc2ccccc2)Sc2ccc(C)cc2)cc1. The lowest BCUT2D eigenvalue weighted by atomic mass is 10.0. The molecular weight excluding hydrogens is 396 g/mol. The van der Waals surface area contributed by atoms with E-state index in [1.807, 2.05) is 12.1 Å². The minimum Gasteiger partial charge on any atom is -0.497 e. The van der Waals surface area contributed by atoms with Crippen molar-refractivity contribution in [1.29, 1.82) is 0 Å². The summed E-state index contributed by atoms with van der Waals surface area (Å²) < 4.78 is 5.59. The molecule has 0 bridgehead atoms. The second-order valence-corrected chi connectivity index (χ2v) is 10.1. The summed E-state index contributed by atoms with van der Waals surface area (Å²) in [6.45, 7) is 2.16. The number of hydrogen-bond donors (Lipinski definition) is 0. The van der Waals surface area contributed by atoms with Crippen LogP contribution in [0.2, 0.25) is 0 Å². The summed E-state index contributed by atoms with van der Waals surface area (Å²) in [7, 11) is 1.71. The molecule has 0 aliphatic heterocycles. The van der Waals surface area contributed by atoms with E-state index in [-0.39, 0.29) is 0 Å². The Morgan fingerprint density at radius 2 is 1.71 bits per heavy atom. The van der Waals surface area contributed by atoms with Gasteiger partial charge in [0, 0.05) is 9.64 Å². The molecule has 4 rings (SSSR count). The summed E-state index contributed by atoms with van der Waals surface area (Å²) in [6, 6.07) is 28.3. The largest absolute Gasteiger partial charge is 0.497 e. The van der Waals surface area contributed by atoms with E-state index < -0.39 is 0 Å². The van der Waals surface area contributed by atoms with Crippen LogP contribution >= 0.6 is 11.8 Å². The van der Waals surface area contributed by atoms with Gasteiger partial charge in [0.05, 0.1) is 7.11 Å². The van der Waals surface area contributed by atoms with E-state index in [0.29, 0.717) is 4.75 Å². The maximum absolute atomic E-state index is 5.23. The lowest BCUT2D eigenvalue weighted by molar-refractivity contribution is 0.415. The fourth-order valence-electron chi connectivity index (χ4n) is 4.30. The molecule has 1 fully saturated rings. The standard InChI is InChI=1S/C29H32OS/c1-23-13-19-28(20-14-23)31-29(21-25-10-6-3-7-11-25)22-26(29)12-8-4-5-9-24-15-17-27(30-2)18-16-24/h3,5-7,9-11,13-20,26H,4,8,12,21-22H2,1-2H3/b9-5+/t26-,29-/m0/s1. The molecule has 0 heterocycles. The molecule has 1 aliphatic carbocycles. The first-order valence-corrected chi connectivity index (χ1v) is 12.1. The molecule has 2 heteroatoms. The van der Waals surface area contributed by atoms with Crippen LogP contribution in [-0.2, 0) is 6.42 Å². The first-order chi connectivity index (χ1) is 15.2. The van der Waals surface area contributed by atoms with Crippen molar-refractivity contribution < 1.29 is 4.74 Å². The van der Waals surface area contributed by atoms with E-state index in [0.717, 1.165) is 18.1 Å². The van der Waals surface area contributed by atoms with Crippen molar-refractivity contribution in [1.82, 2.24) is 0 Å². The van der Waals surface area contributed by atoms with Crippen LogP contribution in [0.1, 0.15) is 42.4 Å². The van der Waals surface area contributed by atoms with Crippen LogP contribution in [0.5, 0.6) is 5.75 Å². The highest BCUT2D eigenvalue weighted by Gasteiger charge is 2.53. The summed E-state index contributed by atoms with van der Waals surface area (Å²) in [4.78, 5) is 1.41. The predicted molar refractivity (Wildman–Crippen MR) is 134 cm³/mol. The molecule has 0 spiro atoms. The van der Waals surface area contributed by atoms with Gasteiger partial charge in [0.2, 0.25) is 0 Å². The molecule has 3 aromatic carbocycles. The Morgan fingerprint density at radius 1 is 0.968 bits per heavy atom. The topological polar surface area (TPSA) is 9.23 Å². The Kier molecular flexibility index (Phi) is 7.19. The number of ether oxygens (including phenoxy) is 1. The Hall–Kier alpha value is -2.45. The first-order valence-electron chi connectivity index (χ1n) is 11.3. The van der Waals surface area contributed by atoms with Gasteiger partial charge in [-0.05, 0) is 80.3 Å². The highest BCUT2D eigenvalue weighted by Crippen LogP contribution is 2.60. The Morgan fingerprint density at radius 3 is 2.42 bits per heavy atom. The van der Waals surface area contributed by atoms with Crippen LogP contribution in [0.4, 0.5) is 0 Å². The zero-order valence-electron chi connectivity index (χ0n) is 18.6. The second kappa shape index (κ2) is 10.2. The number of unbranched alkanes of at least 4 members (excludes halogenated alkanes) is 1. The van der Waals surface area contributed by atoms with Gasteiger partial charge in [0.25, 0.3) is 0 Å². The lowest BCUT2D eigenvalue weighted by Crippen LogP contribution is -2.11. The van der Waals surface area contributed by atoms with Gasteiger partial charge in [-0.15, -0.1) is 11.8 Å². The van der Waals surface area contributed by atoms with Crippen LogP contribution in [0.25, 0.3) is 6.08 Å². The Bertz CT molecular complexity index is 976. The van der Waals surface area contributed by atoms with E-state index in [2.05, 4.69) is 97.6 Å². The minimum absolute atomic E-state index is 0.357. The molecule has 0 aromatic heterocycles. The highest BCUT2D eigenvalue weighted by molar-refractivity contribution is 8.01. The number of methoxy groups -OCH3 is 1. The van der Waals surface area contributed by atoms with Gasteiger partial charge in [-0.3, -0.25) is 0 Å². The van der Waals surface area contributed by atoms with Crippen molar-refractivity contribution in [2.75, 3.05) is 7.11 Å². The van der Waals surface area contributed by atoms with Crippen LogP contribution in [-0.4, -0.2) is 11.9 Å². The van der Waals surface area contributed by atoms with Crippen LogP contribution in [0.15, 0.2) is 89.8 Å². The zero-order chi connectivity index (χ0) is 21.5. The van der Waals surface area contributed by atoms with Crippen LogP contribution in [0.3, 0.4) is 0 Å². The number of allylic oxidation sites excluding steroid dienone is 1. The molecule has 0 saturated heterocycles. The van der Waals surface area contributed by atoms with Gasteiger partial charge < -0.3 is 4.74 Å². The molecule has 3 aromatic rings. The molecule has 160 valence electrons. The van der Waals surface area contributed by atoms with Crippen LogP contribution in [0, 0.1) is 12.8 Å². The fraction of sp³-hybridized carbons (Fsp3) is 0.310. The van der Waals surface area contributed by atoms with Crippen molar-refractivity contribution >= 4 is 17.8 Å². The number of aryl methyl sites for hydroxylation is 1. The third-order valence-electron chi connectivity index (χ3n) is 6.21. The van der Waals surface area contributed by atoms with Crippen molar-refractivity contribution in [2.45, 2.75) is 48.7 Å². The Balaban J connectivity index is 1.33. The molecule has 0 unspecified atom stereocenters. The smallest absolute Gasteiger partial charge is 0.118 e. The number of benzene rings is 3. The Labute approximate surface area is 191 Å². The molecule has 1 aliphatic rings. The molecule has 1 nitrogen and oxygen atoms in total. The highest BCUT2D eigenvalue weighted by atomic mass is 32.2. The molecule has 2 atom stereocenters. The van der Waals surface area contributed by atoms with E-state index in [4.69, 9.17) is 4.74 Å². The number of rotatable bonds is 10. The second-order valence-electron chi connectivity index (χ2n) is 8.65. The molecule has 31 heavy (non-hydrogen) atoms. The van der Waals surface area contributed by atoms with Gasteiger partial charge in [-0.2, -0.15) is 0 Å². The fourth-order valence-corrected chi connectivity index (χ4v) is 5.85. The summed E-state index contributed by atoms with van der Waals surface area (Å²) in [5.74, 6) is 1.71. The third-order valence-corrected chi connectivity index (χ3v) is 7.77. The molecule has 0 amide bonds. The van der Waals surface area contributed by atoms with Gasteiger partial charge in [0.1, 0.15) is 5.75 Å². The minimum atomic E-state index is 0.357. The van der Waals surface area contributed by atoms with E-state index in [9.17, 15) is 0 Å². The maximum atomic E-state index is 5.23. The van der Waals surface area contributed by atoms with Crippen molar-refractivity contribution in [3.63, 3.8) is 0 Å². The van der Waals surface area contributed by atoms with Gasteiger partial charge >= 0.3 is 0 Å². The average Bonchev–Trinajstić information content (AvgIpc) is 3.47. The maximum Gasteiger partial charge on any atom is 0.118 e. The summed E-state index contributed by atoms with van der Waals surface area (Å²) in [5, 5.41) is 0. The number of thioether (sulfide) groups is 1. The molecule has 1 saturated carbocycles.